The fourth-order valence-electron chi connectivity index (χ4n) is 2.76. The normalized spacial score (nSPS) is 12.3. The highest BCUT2D eigenvalue weighted by molar-refractivity contribution is 5.92. The smallest absolute Gasteiger partial charge is 0.407 e. The summed E-state index contributed by atoms with van der Waals surface area (Å²) in [7, 11) is 1.87. The third-order valence-corrected chi connectivity index (χ3v) is 4.37. The summed E-state index contributed by atoms with van der Waals surface area (Å²) in [6.07, 6.45) is 3.18. The molecule has 164 valence electrons. The molecule has 9 nitrogen and oxygen atoms in total. The average molecular weight is 425 g/mol. The molecule has 1 unspecified atom stereocenters. The van der Waals surface area contributed by atoms with Crippen molar-refractivity contribution in [1.29, 1.82) is 0 Å². The minimum absolute atomic E-state index is 0.136. The summed E-state index contributed by atoms with van der Waals surface area (Å²) >= 11 is 0. The predicted octanol–water partition coefficient (Wildman–Crippen LogP) is 3.84. The molecule has 2 N–H and O–H groups in total. The molecule has 0 saturated carbocycles. The van der Waals surface area contributed by atoms with E-state index in [-0.39, 0.29) is 18.3 Å². The summed E-state index contributed by atoms with van der Waals surface area (Å²) in [5.41, 5.74) is 2.93. The number of nitrogens with zero attached hydrogens (tertiary/aromatic N) is 3. The number of anilines is 1. The third-order valence-electron chi connectivity index (χ3n) is 4.37. The first-order valence-corrected chi connectivity index (χ1v) is 9.94. The lowest BCUT2D eigenvalue weighted by Gasteiger charge is -2.20. The van der Waals surface area contributed by atoms with Crippen molar-refractivity contribution in [1.82, 2.24) is 20.3 Å². The maximum atomic E-state index is 12.4. The zero-order chi connectivity index (χ0) is 22.6. The van der Waals surface area contributed by atoms with E-state index in [1.807, 2.05) is 37.5 Å². The molecule has 0 fully saturated rings. The zero-order valence-corrected chi connectivity index (χ0v) is 18.3. The monoisotopic (exact) mass is 425 g/mol. The Morgan fingerprint density at radius 1 is 1.16 bits per heavy atom. The van der Waals surface area contributed by atoms with Gasteiger partial charge >= 0.3 is 6.09 Å². The van der Waals surface area contributed by atoms with E-state index >= 15 is 0 Å². The van der Waals surface area contributed by atoms with Gasteiger partial charge in [0.25, 0.3) is 0 Å². The van der Waals surface area contributed by atoms with Gasteiger partial charge in [-0.2, -0.15) is 5.10 Å². The van der Waals surface area contributed by atoms with Crippen LogP contribution < -0.4 is 10.6 Å². The molecule has 0 spiro atoms. The second kappa shape index (κ2) is 9.03. The molecule has 0 aliphatic rings. The summed E-state index contributed by atoms with van der Waals surface area (Å²) in [5.74, 6) is -0.550. The van der Waals surface area contributed by atoms with Crippen LogP contribution >= 0.6 is 0 Å². The number of aryl methyl sites for hydroxylation is 1. The lowest BCUT2D eigenvalue weighted by atomic mass is 10.1. The van der Waals surface area contributed by atoms with Crippen LogP contribution in [0, 0.1) is 5.92 Å². The van der Waals surface area contributed by atoms with Crippen LogP contribution in [0.2, 0.25) is 0 Å². The molecule has 31 heavy (non-hydrogen) atoms. The molecule has 9 heteroatoms. The van der Waals surface area contributed by atoms with Gasteiger partial charge in [-0.3, -0.25) is 14.8 Å². The Labute approximate surface area is 180 Å². The van der Waals surface area contributed by atoms with Crippen molar-refractivity contribution in [3.05, 3.63) is 42.7 Å². The maximum Gasteiger partial charge on any atom is 0.407 e. The van der Waals surface area contributed by atoms with Crippen molar-refractivity contribution < 1.29 is 18.8 Å². The molecular formula is C22H27N5O4. The van der Waals surface area contributed by atoms with Gasteiger partial charge in [0, 0.05) is 37.0 Å². The third kappa shape index (κ3) is 6.18. The van der Waals surface area contributed by atoms with Gasteiger partial charge in [0.15, 0.2) is 0 Å². The molecule has 2 heterocycles. The Morgan fingerprint density at radius 3 is 2.45 bits per heavy atom. The Balaban J connectivity index is 1.55. The van der Waals surface area contributed by atoms with Crippen LogP contribution in [0.4, 0.5) is 10.7 Å². The van der Waals surface area contributed by atoms with Gasteiger partial charge in [-0.25, -0.2) is 4.79 Å². The number of carbonyl (C=O) groups is 2. The first-order valence-electron chi connectivity index (χ1n) is 9.94. The topological polar surface area (TPSA) is 111 Å². The zero-order valence-electron chi connectivity index (χ0n) is 18.3. The molecule has 1 atom stereocenters. The first-order chi connectivity index (χ1) is 14.6. The van der Waals surface area contributed by atoms with Crippen LogP contribution in [0.15, 0.2) is 47.2 Å². The SMILES string of the molecule is CC(CNC(=O)OC(C)(C)C)C(=O)Nc1cc(-c2ccc(-c3cnn(C)c3)cc2)no1. The molecule has 3 aromatic rings. The second-order valence-corrected chi connectivity index (χ2v) is 8.33. The second-order valence-electron chi connectivity index (χ2n) is 8.33. The number of carbonyl (C=O) groups excluding carboxylic acids is 2. The Bertz CT molecular complexity index is 1050. The van der Waals surface area contributed by atoms with Gasteiger partial charge in [0.1, 0.15) is 11.3 Å². The molecule has 0 aliphatic heterocycles. The number of aromatic nitrogens is 3. The van der Waals surface area contributed by atoms with E-state index in [9.17, 15) is 9.59 Å². The van der Waals surface area contributed by atoms with E-state index in [2.05, 4.69) is 20.9 Å². The summed E-state index contributed by atoms with van der Waals surface area (Å²) in [4.78, 5) is 24.1. The van der Waals surface area contributed by atoms with Crippen molar-refractivity contribution in [3.8, 4) is 22.4 Å². The number of rotatable bonds is 6. The highest BCUT2D eigenvalue weighted by Gasteiger charge is 2.20. The average Bonchev–Trinajstić information content (AvgIpc) is 3.34. The minimum atomic E-state index is -0.595. The molecule has 1 aromatic carbocycles. The van der Waals surface area contributed by atoms with Crippen LogP contribution in [0.3, 0.4) is 0 Å². The van der Waals surface area contributed by atoms with Crippen LogP contribution in [0.5, 0.6) is 0 Å². The van der Waals surface area contributed by atoms with E-state index in [1.165, 1.54) is 0 Å². The number of hydrogen-bond donors (Lipinski definition) is 2. The number of benzene rings is 1. The highest BCUT2D eigenvalue weighted by Crippen LogP contribution is 2.25. The predicted molar refractivity (Wildman–Crippen MR) is 116 cm³/mol. The van der Waals surface area contributed by atoms with Gasteiger partial charge in [0.2, 0.25) is 11.8 Å². The van der Waals surface area contributed by atoms with Gasteiger partial charge in [-0.1, -0.05) is 36.3 Å². The van der Waals surface area contributed by atoms with Gasteiger partial charge in [0.05, 0.1) is 12.1 Å². The molecule has 0 aliphatic carbocycles. The van der Waals surface area contributed by atoms with Crippen LogP contribution in [0.1, 0.15) is 27.7 Å². The summed E-state index contributed by atoms with van der Waals surface area (Å²) in [6.45, 7) is 7.16. The quantitative estimate of drug-likeness (QED) is 0.621. The number of amides is 2. The molecule has 0 bridgehead atoms. The van der Waals surface area contributed by atoms with E-state index in [0.717, 1.165) is 16.7 Å². The number of hydrogen-bond acceptors (Lipinski definition) is 6. The highest BCUT2D eigenvalue weighted by atomic mass is 16.6. The van der Waals surface area contributed by atoms with Crippen LogP contribution in [-0.2, 0) is 16.6 Å². The first kappa shape index (κ1) is 22.1. The molecular weight excluding hydrogens is 398 g/mol. The van der Waals surface area contributed by atoms with E-state index in [0.29, 0.717) is 5.69 Å². The number of ether oxygens (including phenoxy) is 1. The Kier molecular flexibility index (Phi) is 6.43. The van der Waals surface area contributed by atoms with E-state index in [4.69, 9.17) is 9.26 Å². The van der Waals surface area contributed by atoms with Crippen molar-refractivity contribution in [2.75, 3.05) is 11.9 Å². The molecule has 0 saturated heterocycles. The standard InChI is InChI=1S/C22H27N5O4/c1-14(11-23-21(29)30-22(2,3)4)20(28)25-19-10-18(26-31-19)16-8-6-15(7-9-16)17-12-24-27(5)13-17/h6-10,12-14H,11H2,1-5H3,(H,23,29)(H,25,28). The number of alkyl carbamates (subject to hydrolysis) is 1. The van der Waals surface area contributed by atoms with Crippen molar-refractivity contribution in [3.63, 3.8) is 0 Å². The Hall–Kier alpha value is -3.62. The van der Waals surface area contributed by atoms with Crippen LogP contribution in [0.25, 0.3) is 22.4 Å². The van der Waals surface area contributed by atoms with Crippen molar-refractivity contribution in [2.45, 2.75) is 33.3 Å². The molecule has 2 aromatic heterocycles. The molecule has 0 radical (unpaired) electrons. The maximum absolute atomic E-state index is 12.4. The lowest BCUT2D eigenvalue weighted by Crippen LogP contribution is -2.37. The van der Waals surface area contributed by atoms with E-state index < -0.39 is 17.6 Å². The molecule has 3 rings (SSSR count). The molecule has 2 amide bonds. The summed E-state index contributed by atoms with van der Waals surface area (Å²) in [6, 6.07) is 9.47. The number of nitrogens with one attached hydrogen (secondary N) is 2. The Morgan fingerprint density at radius 2 is 1.84 bits per heavy atom. The van der Waals surface area contributed by atoms with Crippen LogP contribution in [-0.4, -0.2) is 39.1 Å². The van der Waals surface area contributed by atoms with Gasteiger partial charge < -0.3 is 14.6 Å². The minimum Gasteiger partial charge on any atom is -0.444 e. The van der Waals surface area contributed by atoms with Crippen molar-refractivity contribution >= 4 is 17.9 Å². The van der Waals surface area contributed by atoms with E-state index in [1.54, 1.807) is 44.6 Å². The fraction of sp³-hybridized carbons (Fsp3) is 0.364. The summed E-state index contributed by atoms with van der Waals surface area (Å²) in [5, 5.41) is 13.5. The van der Waals surface area contributed by atoms with Crippen molar-refractivity contribution in [2.24, 2.45) is 13.0 Å². The summed E-state index contributed by atoms with van der Waals surface area (Å²) < 4.78 is 12.2. The lowest BCUT2D eigenvalue weighted by molar-refractivity contribution is -0.119. The fourth-order valence-corrected chi connectivity index (χ4v) is 2.76. The largest absolute Gasteiger partial charge is 0.444 e. The van der Waals surface area contributed by atoms with Gasteiger partial charge in [-0.05, 0) is 26.3 Å². The van der Waals surface area contributed by atoms with Gasteiger partial charge in [-0.15, -0.1) is 0 Å².